The van der Waals surface area contributed by atoms with Crippen molar-refractivity contribution in [1.29, 1.82) is 0 Å². The summed E-state index contributed by atoms with van der Waals surface area (Å²) in [6, 6.07) is 5.39. The summed E-state index contributed by atoms with van der Waals surface area (Å²) in [6.45, 7) is 8.04. The Labute approximate surface area is 188 Å². The van der Waals surface area contributed by atoms with Crippen molar-refractivity contribution in [2.45, 2.75) is 58.4 Å². The third-order valence-electron chi connectivity index (χ3n) is 5.79. The van der Waals surface area contributed by atoms with Crippen LogP contribution < -0.4 is 9.64 Å². The second kappa shape index (κ2) is 10.7. The number of carbonyl (C=O) groups is 1. The zero-order chi connectivity index (χ0) is 23.3. The Hall–Kier alpha value is -2.77. The first kappa shape index (κ1) is 23.9. The molecule has 3 rings (SSSR count). The molecule has 1 aromatic carbocycles. The van der Waals surface area contributed by atoms with Crippen molar-refractivity contribution >= 4 is 11.7 Å². The molecule has 2 aromatic rings. The molecule has 0 bridgehead atoms. The van der Waals surface area contributed by atoms with Crippen LogP contribution in [0.1, 0.15) is 57.0 Å². The van der Waals surface area contributed by atoms with E-state index in [9.17, 15) is 13.6 Å². The molecule has 0 atom stereocenters. The normalized spacial score (nSPS) is 14.7. The number of aromatic nitrogens is 2. The van der Waals surface area contributed by atoms with E-state index in [-0.39, 0.29) is 30.2 Å². The van der Waals surface area contributed by atoms with Gasteiger partial charge in [-0.15, -0.1) is 0 Å². The Bertz CT molecular complexity index is 930. The Morgan fingerprint density at radius 3 is 2.59 bits per heavy atom. The standard InChI is InChI=1S/C24H32F2N4O2/c1-16(2)24-27-17(3)14-22(28-24)30-11-9-19(10-12-30)29(4)23(31)6-5-13-32-21-8-7-18(25)15-20(21)26/h7-8,14-16,19H,5-6,9-13H2,1-4H3. The molecule has 1 fully saturated rings. The molecule has 0 unspecified atom stereocenters. The number of anilines is 1. The van der Waals surface area contributed by atoms with Crippen LogP contribution in [0, 0.1) is 18.6 Å². The van der Waals surface area contributed by atoms with Gasteiger partial charge in [0.25, 0.3) is 0 Å². The van der Waals surface area contributed by atoms with Crippen LogP contribution in [0.4, 0.5) is 14.6 Å². The highest BCUT2D eigenvalue weighted by Gasteiger charge is 2.26. The lowest BCUT2D eigenvalue weighted by Crippen LogP contribution is -2.46. The van der Waals surface area contributed by atoms with E-state index in [2.05, 4.69) is 23.7 Å². The molecule has 6 nitrogen and oxygen atoms in total. The maximum atomic E-state index is 13.6. The number of nitrogens with zero attached hydrogens (tertiary/aromatic N) is 4. The summed E-state index contributed by atoms with van der Waals surface area (Å²) in [4.78, 5) is 25.9. The first-order valence-corrected chi connectivity index (χ1v) is 11.2. The molecule has 0 radical (unpaired) electrons. The van der Waals surface area contributed by atoms with Crippen molar-refractivity contribution in [2.24, 2.45) is 0 Å². The maximum Gasteiger partial charge on any atom is 0.222 e. The number of benzene rings is 1. The summed E-state index contributed by atoms with van der Waals surface area (Å²) in [5.74, 6) is 0.758. The maximum absolute atomic E-state index is 13.6. The van der Waals surface area contributed by atoms with Gasteiger partial charge in [0.05, 0.1) is 6.61 Å². The molecule has 1 aliphatic rings. The number of amides is 1. The zero-order valence-corrected chi connectivity index (χ0v) is 19.3. The first-order chi connectivity index (χ1) is 15.2. The van der Waals surface area contributed by atoms with Gasteiger partial charge in [-0.3, -0.25) is 4.79 Å². The number of halogens is 2. The fourth-order valence-corrected chi connectivity index (χ4v) is 3.85. The summed E-state index contributed by atoms with van der Waals surface area (Å²) < 4.78 is 31.9. The third-order valence-corrected chi connectivity index (χ3v) is 5.79. The summed E-state index contributed by atoms with van der Waals surface area (Å²) in [5.41, 5.74) is 0.968. The lowest BCUT2D eigenvalue weighted by Gasteiger charge is -2.37. The highest BCUT2D eigenvalue weighted by Crippen LogP contribution is 2.23. The fraction of sp³-hybridized carbons (Fsp3) is 0.542. The second-order valence-electron chi connectivity index (χ2n) is 8.63. The number of piperidine rings is 1. The SMILES string of the molecule is Cc1cc(N2CCC(N(C)C(=O)CCCOc3ccc(F)cc3F)CC2)nc(C(C)C)n1. The molecule has 2 heterocycles. The van der Waals surface area contributed by atoms with Crippen LogP contribution >= 0.6 is 0 Å². The van der Waals surface area contributed by atoms with Crippen molar-refractivity contribution in [3.63, 3.8) is 0 Å². The third kappa shape index (κ3) is 6.14. The minimum absolute atomic E-state index is 0.000146. The molecule has 1 amide bonds. The molecule has 1 saturated heterocycles. The van der Waals surface area contributed by atoms with Gasteiger partial charge in [0.2, 0.25) is 5.91 Å². The zero-order valence-electron chi connectivity index (χ0n) is 19.3. The van der Waals surface area contributed by atoms with Crippen molar-refractivity contribution < 1.29 is 18.3 Å². The van der Waals surface area contributed by atoms with Gasteiger partial charge in [-0.25, -0.2) is 18.7 Å². The van der Waals surface area contributed by atoms with Crippen LogP contribution in [0.3, 0.4) is 0 Å². The van der Waals surface area contributed by atoms with Crippen LogP contribution in [-0.4, -0.2) is 53.6 Å². The van der Waals surface area contributed by atoms with Crippen LogP contribution in [0.2, 0.25) is 0 Å². The molecule has 0 N–H and O–H groups in total. The van der Waals surface area contributed by atoms with Crippen LogP contribution in [0.25, 0.3) is 0 Å². The Morgan fingerprint density at radius 1 is 1.22 bits per heavy atom. The first-order valence-electron chi connectivity index (χ1n) is 11.2. The van der Waals surface area contributed by atoms with E-state index in [1.165, 1.54) is 6.07 Å². The number of carbonyl (C=O) groups excluding carboxylic acids is 1. The summed E-state index contributed by atoms with van der Waals surface area (Å²) in [6.07, 6.45) is 2.54. The van der Waals surface area contributed by atoms with Gasteiger partial charge in [-0.1, -0.05) is 13.8 Å². The minimum atomic E-state index is -0.736. The van der Waals surface area contributed by atoms with Crippen LogP contribution in [-0.2, 0) is 4.79 Å². The second-order valence-corrected chi connectivity index (χ2v) is 8.63. The number of ether oxygens (including phenoxy) is 1. The molecule has 8 heteroatoms. The monoisotopic (exact) mass is 446 g/mol. The van der Waals surface area contributed by atoms with Crippen LogP contribution in [0.5, 0.6) is 5.75 Å². The summed E-state index contributed by atoms with van der Waals surface area (Å²) in [7, 11) is 1.84. The molecular weight excluding hydrogens is 414 g/mol. The molecule has 0 spiro atoms. The smallest absolute Gasteiger partial charge is 0.222 e. The predicted molar refractivity (Wildman–Crippen MR) is 120 cm³/mol. The number of hydrogen-bond donors (Lipinski definition) is 0. The fourth-order valence-electron chi connectivity index (χ4n) is 3.85. The van der Waals surface area contributed by atoms with E-state index in [0.717, 1.165) is 55.4 Å². The number of aryl methyl sites for hydroxylation is 1. The molecule has 32 heavy (non-hydrogen) atoms. The largest absolute Gasteiger partial charge is 0.491 e. The lowest BCUT2D eigenvalue weighted by atomic mass is 10.0. The highest BCUT2D eigenvalue weighted by molar-refractivity contribution is 5.76. The van der Waals surface area contributed by atoms with Gasteiger partial charge in [0, 0.05) is 56.3 Å². The highest BCUT2D eigenvalue weighted by atomic mass is 19.1. The quantitative estimate of drug-likeness (QED) is 0.560. The van der Waals surface area contributed by atoms with Crippen molar-refractivity contribution in [1.82, 2.24) is 14.9 Å². The topological polar surface area (TPSA) is 58.6 Å². The van der Waals surface area contributed by atoms with E-state index in [1.807, 2.05) is 24.9 Å². The Morgan fingerprint density at radius 2 is 1.94 bits per heavy atom. The van der Waals surface area contributed by atoms with E-state index in [4.69, 9.17) is 9.72 Å². The predicted octanol–water partition coefficient (Wildman–Crippen LogP) is 4.47. The van der Waals surface area contributed by atoms with Crippen molar-refractivity contribution in [2.75, 3.05) is 31.6 Å². The van der Waals surface area contributed by atoms with Gasteiger partial charge in [-0.2, -0.15) is 0 Å². The molecule has 0 aliphatic carbocycles. The van der Waals surface area contributed by atoms with E-state index in [0.29, 0.717) is 12.8 Å². The van der Waals surface area contributed by atoms with Crippen molar-refractivity contribution in [3.8, 4) is 5.75 Å². The Balaban J connectivity index is 1.44. The van der Waals surface area contributed by atoms with E-state index >= 15 is 0 Å². The summed E-state index contributed by atoms with van der Waals surface area (Å²) >= 11 is 0. The minimum Gasteiger partial charge on any atom is -0.491 e. The molecule has 0 saturated carbocycles. The molecule has 174 valence electrons. The average molecular weight is 447 g/mol. The Kier molecular flexibility index (Phi) is 7.99. The van der Waals surface area contributed by atoms with Crippen molar-refractivity contribution in [3.05, 3.63) is 47.4 Å². The van der Waals surface area contributed by atoms with Gasteiger partial charge in [0.1, 0.15) is 17.5 Å². The lowest BCUT2D eigenvalue weighted by molar-refractivity contribution is -0.132. The average Bonchev–Trinajstić information content (AvgIpc) is 2.77. The van der Waals surface area contributed by atoms with Gasteiger partial charge >= 0.3 is 0 Å². The van der Waals surface area contributed by atoms with E-state index < -0.39 is 11.6 Å². The van der Waals surface area contributed by atoms with Gasteiger partial charge in [0.15, 0.2) is 11.6 Å². The summed E-state index contributed by atoms with van der Waals surface area (Å²) in [5, 5.41) is 0. The molecule has 1 aromatic heterocycles. The molecule has 1 aliphatic heterocycles. The van der Waals surface area contributed by atoms with E-state index in [1.54, 1.807) is 0 Å². The number of rotatable bonds is 8. The van der Waals surface area contributed by atoms with Gasteiger partial charge in [-0.05, 0) is 38.3 Å². The van der Waals surface area contributed by atoms with Crippen LogP contribution in [0.15, 0.2) is 24.3 Å². The van der Waals surface area contributed by atoms with Gasteiger partial charge < -0.3 is 14.5 Å². The number of hydrogen-bond acceptors (Lipinski definition) is 5. The molecular formula is C24H32F2N4O2.